The van der Waals surface area contributed by atoms with Gasteiger partial charge in [-0.15, -0.1) is 0 Å². The fourth-order valence-corrected chi connectivity index (χ4v) is 2.53. The summed E-state index contributed by atoms with van der Waals surface area (Å²) in [5, 5.41) is 3.61. The zero-order valence-electron chi connectivity index (χ0n) is 8.11. The Labute approximate surface area is 84.1 Å². The summed E-state index contributed by atoms with van der Waals surface area (Å²) >= 11 is 0. The summed E-state index contributed by atoms with van der Waals surface area (Å²) in [7, 11) is 0. The molecule has 0 spiro atoms. The van der Waals surface area contributed by atoms with Crippen molar-refractivity contribution in [3.05, 3.63) is 35.7 Å². The molecule has 1 aromatic rings. The Morgan fingerprint density at radius 1 is 1.43 bits per heavy atom. The molecule has 0 aliphatic carbocycles. The lowest BCUT2D eigenvalue weighted by Crippen LogP contribution is -2.18. The highest BCUT2D eigenvalue weighted by Crippen LogP contribution is 2.33. The largest absolute Gasteiger partial charge is 0.307 e. The molecule has 0 aromatic carbocycles. The van der Waals surface area contributed by atoms with Crippen molar-refractivity contribution in [1.82, 2.24) is 10.3 Å². The smallest absolute Gasteiger partial charge is 0.0340 e. The minimum absolute atomic E-state index is 0.653. The Balaban J connectivity index is 1.86. The average Bonchev–Trinajstić information content (AvgIpc) is 2.81. The first-order valence-electron chi connectivity index (χ1n) is 5.28. The van der Waals surface area contributed by atoms with Gasteiger partial charge in [0.25, 0.3) is 0 Å². The van der Waals surface area contributed by atoms with Crippen LogP contribution >= 0.6 is 0 Å². The number of fused-ring (bicyclic) bond motifs is 2. The van der Waals surface area contributed by atoms with Crippen molar-refractivity contribution in [3.8, 4) is 0 Å². The molecule has 72 valence electrons. The van der Waals surface area contributed by atoms with Crippen LogP contribution < -0.4 is 5.32 Å². The predicted octanol–water partition coefficient (Wildman–Crippen LogP) is 1.99. The van der Waals surface area contributed by atoms with Gasteiger partial charge in [0.1, 0.15) is 0 Å². The fourth-order valence-electron chi connectivity index (χ4n) is 2.53. The molecule has 0 amide bonds. The molecule has 2 fully saturated rings. The molecule has 1 aromatic heterocycles. The van der Waals surface area contributed by atoms with Gasteiger partial charge in [-0.05, 0) is 30.9 Å². The number of rotatable bonds is 1. The van der Waals surface area contributed by atoms with Crippen molar-refractivity contribution >= 4 is 6.08 Å². The lowest BCUT2D eigenvalue weighted by Gasteiger charge is -2.10. The molecule has 0 radical (unpaired) electrons. The molecule has 2 bridgehead atoms. The van der Waals surface area contributed by atoms with Gasteiger partial charge in [-0.1, -0.05) is 17.7 Å². The molecule has 3 heterocycles. The van der Waals surface area contributed by atoms with E-state index >= 15 is 0 Å². The molecular weight excluding hydrogens is 172 g/mol. The standard InChI is InChI=1S/C12H14N2/c1-2-9(8-13-5-1)6-10-7-11-3-4-12(10)14-11/h1-2,5-6,8,11-12,14H,3-4,7H2/b10-6+. The normalized spacial score (nSPS) is 32.7. The number of nitrogens with one attached hydrogen (secondary N) is 1. The molecule has 14 heavy (non-hydrogen) atoms. The molecule has 2 heteroatoms. The summed E-state index contributed by atoms with van der Waals surface area (Å²) in [6.45, 7) is 0. The summed E-state index contributed by atoms with van der Waals surface area (Å²) in [5.74, 6) is 0. The molecular formula is C12H14N2. The van der Waals surface area contributed by atoms with E-state index in [4.69, 9.17) is 0 Å². The highest BCUT2D eigenvalue weighted by molar-refractivity contribution is 5.54. The Hall–Kier alpha value is -1.15. The van der Waals surface area contributed by atoms with Gasteiger partial charge in [-0.2, -0.15) is 0 Å². The monoisotopic (exact) mass is 186 g/mol. The van der Waals surface area contributed by atoms with Crippen LogP contribution in [0.5, 0.6) is 0 Å². The highest BCUT2D eigenvalue weighted by Gasteiger charge is 2.34. The zero-order chi connectivity index (χ0) is 9.38. The van der Waals surface area contributed by atoms with Crippen LogP contribution in [0, 0.1) is 0 Å². The fraction of sp³-hybridized carbons (Fsp3) is 0.417. The van der Waals surface area contributed by atoms with Gasteiger partial charge in [0.15, 0.2) is 0 Å². The second-order valence-corrected chi connectivity index (χ2v) is 4.20. The third-order valence-corrected chi connectivity index (χ3v) is 3.21. The van der Waals surface area contributed by atoms with Gasteiger partial charge < -0.3 is 5.32 Å². The molecule has 2 nitrogen and oxygen atoms in total. The minimum Gasteiger partial charge on any atom is -0.307 e. The molecule has 1 N–H and O–H groups in total. The number of hydrogen-bond donors (Lipinski definition) is 1. The van der Waals surface area contributed by atoms with Crippen LogP contribution in [0.15, 0.2) is 30.1 Å². The summed E-state index contributed by atoms with van der Waals surface area (Å²) in [6, 6.07) is 5.52. The van der Waals surface area contributed by atoms with E-state index in [2.05, 4.69) is 22.4 Å². The van der Waals surface area contributed by atoms with E-state index in [1.807, 2.05) is 18.5 Å². The SMILES string of the molecule is C(=C1/CC2CCC1N2)/c1cccnc1. The topological polar surface area (TPSA) is 24.9 Å². The highest BCUT2D eigenvalue weighted by atomic mass is 15.0. The van der Waals surface area contributed by atoms with Gasteiger partial charge in [-0.3, -0.25) is 4.98 Å². The van der Waals surface area contributed by atoms with Crippen molar-refractivity contribution in [2.45, 2.75) is 31.3 Å². The third-order valence-electron chi connectivity index (χ3n) is 3.21. The molecule has 2 saturated heterocycles. The number of hydrogen-bond acceptors (Lipinski definition) is 2. The molecule has 2 atom stereocenters. The second kappa shape index (κ2) is 3.21. The lowest BCUT2D eigenvalue weighted by atomic mass is 9.93. The van der Waals surface area contributed by atoms with E-state index in [0.29, 0.717) is 6.04 Å². The third kappa shape index (κ3) is 1.36. The molecule has 0 saturated carbocycles. The molecule has 3 rings (SSSR count). The maximum absolute atomic E-state index is 4.12. The first-order chi connectivity index (χ1) is 6.92. The summed E-state index contributed by atoms with van der Waals surface area (Å²) < 4.78 is 0. The van der Waals surface area contributed by atoms with Crippen molar-refractivity contribution in [1.29, 1.82) is 0 Å². The zero-order valence-corrected chi connectivity index (χ0v) is 8.11. The number of aromatic nitrogens is 1. The maximum Gasteiger partial charge on any atom is 0.0340 e. The molecule has 2 unspecified atom stereocenters. The van der Waals surface area contributed by atoms with Crippen LogP contribution in [0.4, 0.5) is 0 Å². The Kier molecular flexibility index (Phi) is 1.88. The van der Waals surface area contributed by atoms with Crippen molar-refractivity contribution < 1.29 is 0 Å². The van der Waals surface area contributed by atoms with Gasteiger partial charge in [0.05, 0.1) is 0 Å². The average molecular weight is 186 g/mol. The predicted molar refractivity (Wildman–Crippen MR) is 56.8 cm³/mol. The molecule has 2 aliphatic rings. The van der Waals surface area contributed by atoms with E-state index in [1.165, 1.54) is 24.8 Å². The Morgan fingerprint density at radius 3 is 3.07 bits per heavy atom. The minimum atomic E-state index is 0.653. The van der Waals surface area contributed by atoms with Crippen LogP contribution in [0.2, 0.25) is 0 Å². The van der Waals surface area contributed by atoms with Gasteiger partial charge in [-0.25, -0.2) is 0 Å². The van der Waals surface area contributed by atoms with Gasteiger partial charge >= 0.3 is 0 Å². The van der Waals surface area contributed by atoms with E-state index in [9.17, 15) is 0 Å². The Morgan fingerprint density at radius 2 is 2.43 bits per heavy atom. The number of pyridine rings is 1. The quantitative estimate of drug-likeness (QED) is 0.725. The summed E-state index contributed by atoms with van der Waals surface area (Å²) in [5.41, 5.74) is 2.80. The van der Waals surface area contributed by atoms with Crippen LogP contribution in [-0.4, -0.2) is 17.1 Å². The van der Waals surface area contributed by atoms with Crippen molar-refractivity contribution in [2.75, 3.05) is 0 Å². The van der Waals surface area contributed by atoms with Gasteiger partial charge in [0.2, 0.25) is 0 Å². The van der Waals surface area contributed by atoms with E-state index in [0.717, 1.165) is 6.04 Å². The summed E-state index contributed by atoms with van der Waals surface area (Å²) in [6.07, 6.45) is 9.95. The first-order valence-corrected chi connectivity index (χ1v) is 5.28. The van der Waals surface area contributed by atoms with Crippen molar-refractivity contribution in [2.24, 2.45) is 0 Å². The molecule has 2 aliphatic heterocycles. The Bertz CT molecular complexity index is 356. The second-order valence-electron chi connectivity index (χ2n) is 4.20. The maximum atomic E-state index is 4.12. The van der Waals surface area contributed by atoms with E-state index in [-0.39, 0.29) is 0 Å². The lowest BCUT2D eigenvalue weighted by molar-refractivity contribution is 0.647. The van der Waals surface area contributed by atoms with Crippen LogP contribution in [0.25, 0.3) is 6.08 Å². The first kappa shape index (κ1) is 8.18. The number of nitrogens with zero attached hydrogens (tertiary/aromatic N) is 1. The summed E-state index contributed by atoms with van der Waals surface area (Å²) in [4.78, 5) is 4.12. The van der Waals surface area contributed by atoms with Crippen LogP contribution in [-0.2, 0) is 0 Å². The van der Waals surface area contributed by atoms with Crippen LogP contribution in [0.1, 0.15) is 24.8 Å². The van der Waals surface area contributed by atoms with Gasteiger partial charge in [0, 0.05) is 24.5 Å². The van der Waals surface area contributed by atoms with E-state index in [1.54, 1.807) is 5.57 Å². The van der Waals surface area contributed by atoms with Crippen molar-refractivity contribution in [3.63, 3.8) is 0 Å². The van der Waals surface area contributed by atoms with Crippen LogP contribution in [0.3, 0.4) is 0 Å². The van der Waals surface area contributed by atoms with E-state index < -0.39 is 0 Å².